The van der Waals surface area contributed by atoms with Crippen molar-refractivity contribution in [2.24, 2.45) is 5.10 Å². The molecule has 0 unspecified atom stereocenters. The average molecular weight is 276 g/mol. The van der Waals surface area contributed by atoms with Gasteiger partial charge < -0.3 is 0 Å². The number of hydrogen-bond donors (Lipinski definition) is 0. The second-order valence-corrected chi connectivity index (χ2v) is 4.84. The molecule has 21 heavy (non-hydrogen) atoms. The lowest BCUT2D eigenvalue weighted by atomic mass is 10.0. The number of aryl methyl sites for hydroxylation is 2. The van der Waals surface area contributed by atoms with E-state index < -0.39 is 0 Å². The summed E-state index contributed by atoms with van der Waals surface area (Å²) in [7, 11) is 0. The Balaban J connectivity index is 1.82. The van der Waals surface area contributed by atoms with Gasteiger partial charge in [0.1, 0.15) is 0 Å². The van der Waals surface area contributed by atoms with Crippen LogP contribution in [0.1, 0.15) is 17.2 Å². The fourth-order valence-corrected chi connectivity index (χ4v) is 2.15. The standard InChI is InChI=1S/C17H16N4/c1-13-19-20-14(2)21(13)18-12-15-8-10-17(11-9-15)16-6-4-3-5-7-16/h3-12H,1-2H3/b18-12-. The summed E-state index contributed by atoms with van der Waals surface area (Å²) in [6.07, 6.45) is 1.82. The van der Waals surface area contributed by atoms with E-state index in [1.807, 2.05) is 38.3 Å². The molecule has 0 bridgehead atoms. The van der Waals surface area contributed by atoms with Gasteiger partial charge in [0.15, 0.2) is 11.6 Å². The average Bonchev–Trinajstić information content (AvgIpc) is 2.85. The van der Waals surface area contributed by atoms with E-state index in [2.05, 4.69) is 51.7 Å². The minimum atomic E-state index is 0.782. The molecule has 1 heterocycles. The summed E-state index contributed by atoms with van der Waals surface area (Å²) >= 11 is 0. The highest BCUT2D eigenvalue weighted by Gasteiger charge is 2.01. The van der Waals surface area contributed by atoms with E-state index in [0.717, 1.165) is 17.2 Å². The third kappa shape index (κ3) is 2.89. The Morgan fingerprint density at radius 3 is 2.00 bits per heavy atom. The molecule has 0 aliphatic carbocycles. The normalized spacial score (nSPS) is 11.1. The largest absolute Gasteiger partial charge is 0.202 e. The third-order valence-electron chi connectivity index (χ3n) is 3.29. The zero-order valence-corrected chi connectivity index (χ0v) is 12.1. The molecule has 0 saturated carbocycles. The molecule has 0 saturated heterocycles. The molecule has 0 atom stereocenters. The second-order valence-electron chi connectivity index (χ2n) is 4.84. The third-order valence-corrected chi connectivity index (χ3v) is 3.29. The predicted molar refractivity (Wildman–Crippen MR) is 84.4 cm³/mol. The fraction of sp³-hybridized carbons (Fsp3) is 0.118. The molecule has 0 amide bonds. The van der Waals surface area contributed by atoms with Gasteiger partial charge in [0.05, 0.1) is 6.21 Å². The highest BCUT2D eigenvalue weighted by Crippen LogP contribution is 2.18. The van der Waals surface area contributed by atoms with Gasteiger partial charge in [-0.15, -0.1) is 10.2 Å². The molecule has 0 fully saturated rings. The number of rotatable bonds is 3. The maximum absolute atomic E-state index is 4.40. The highest BCUT2D eigenvalue weighted by atomic mass is 15.4. The molecule has 0 spiro atoms. The van der Waals surface area contributed by atoms with Crippen LogP contribution in [0.15, 0.2) is 59.7 Å². The van der Waals surface area contributed by atoms with Gasteiger partial charge >= 0.3 is 0 Å². The van der Waals surface area contributed by atoms with E-state index in [1.165, 1.54) is 11.1 Å². The van der Waals surface area contributed by atoms with Crippen LogP contribution < -0.4 is 0 Å². The van der Waals surface area contributed by atoms with E-state index in [-0.39, 0.29) is 0 Å². The first-order valence-corrected chi connectivity index (χ1v) is 6.82. The molecule has 2 aromatic carbocycles. The molecule has 0 radical (unpaired) electrons. The smallest absolute Gasteiger partial charge is 0.151 e. The van der Waals surface area contributed by atoms with E-state index >= 15 is 0 Å². The molecule has 3 rings (SSSR count). The lowest BCUT2D eigenvalue weighted by Crippen LogP contribution is -1.96. The predicted octanol–water partition coefficient (Wildman–Crippen LogP) is 3.44. The van der Waals surface area contributed by atoms with Crippen LogP contribution in [0.4, 0.5) is 0 Å². The minimum absolute atomic E-state index is 0.782. The van der Waals surface area contributed by atoms with Crippen LogP contribution in [-0.4, -0.2) is 21.1 Å². The van der Waals surface area contributed by atoms with Gasteiger partial charge in [0.2, 0.25) is 0 Å². The van der Waals surface area contributed by atoms with E-state index in [0.29, 0.717) is 0 Å². The minimum Gasteiger partial charge on any atom is -0.202 e. The van der Waals surface area contributed by atoms with Crippen molar-refractivity contribution >= 4 is 6.21 Å². The Kier molecular flexibility index (Phi) is 3.60. The van der Waals surface area contributed by atoms with Crippen molar-refractivity contribution in [3.05, 3.63) is 71.8 Å². The van der Waals surface area contributed by atoms with Crippen molar-refractivity contribution in [1.82, 2.24) is 14.9 Å². The van der Waals surface area contributed by atoms with Gasteiger partial charge in [-0.2, -0.15) is 5.10 Å². The Hall–Kier alpha value is -2.75. The number of benzene rings is 2. The van der Waals surface area contributed by atoms with E-state index in [4.69, 9.17) is 0 Å². The van der Waals surface area contributed by atoms with Gasteiger partial charge in [-0.25, -0.2) is 4.68 Å². The van der Waals surface area contributed by atoms with Gasteiger partial charge in [-0.3, -0.25) is 0 Å². The molecular weight excluding hydrogens is 260 g/mol. The van der Waals surface area contributed by atoms with E-state index in [1.54, 1.807) is 4.68 Å². The monoisotopic (exact) mass is 276 g/mol. The zero-order chi connectivity index (χ0) is 14.7. The van der Waals surface area contributed by atoms with Crippen molar-refractivity contribution in [3.63, 3.8) is 0 Å². The van der Waals surface area contributed by atoms with Gasteiger partial charge in [0, 0.05) is 0 Å². The van der Waals surface area contributed by atoms with E-state index in [9.17, 15) is 0 Å². The molecular formula is C17H16N4. The SMILES string of the molecule is Cc1nnc(C)n1/N=C\c1ccc(-c2ccccc2)cc1. The Morgan fingerprint density at radius 1 is 0.810 bits per heavy atom. The van der Waals surface area contributed by atoms with Crippen LogP contribution in [0, 0.1) is 13.8 Å². The first-order valence-electron chi connectivity index (χ1n) is 6.82. The van der Waals surface area contributed by atoms with Crippen molar-refractivity contribution < 1.29 is 0 Å². The maximum Gasteiger partial charge on any atom is 0.151 e. The first kappa shape index (κ1) is 13.2. The lowest BCUT2D eigenvalue weighted by Gasteiger charge is -2.02. The summed E-state index contributed by atoms with van der Waals surface area (Å²) in [4.78, 5) is 0. The summed E-state index contributed by atoms with van der Waals surface area (Å²) in [5, 5.41) is 12.4. The van der Waals surface area contributed by atoms with Crippen molar-refractivity contribution in [3.8, 4) is 11.1 Å². The maximum atomic E-state index is 4.40. The summed E-state index contributed by atoms with van der Waals surface area (Å²) in [6, 6.07) is 18.6. The molecule has 104 valence electrons. The van der Waals surface area contributed by atoms with Crippen molar-refractivity contribution in [1.29, 1.82) is 0 Å². The van der Waals surface area contributed by atoms with Gasteiger partial charge in [0.25, 0.3) is 0 Å². The van der Waals surface area contributed by atoms with Crippen molar-refractivity contribution in [2.45, 2.75) is 13.8 Å². The van der Waals surface area contributed by atoms with Crippen LogP contribution in [0.2, 0.25) is 0 Å². The molecule has 4 nitrogen and oxygen atoms in total. The summed E-state index contributed by atoms with van der Waals surface area (Å²) in [5.74, 6) is 1.56. The van der Waals surface area contributed by atoms with Crippen molar-refractivity contribution in [2.75, 3.05) is 0 Å². The number of nitrogens with zero attached hydrogens (tertiary/aromatic N) is 4. The molecule has 0 N–H and O–H groups in total. The lowest BCUT2D eigenvalue weighted by molar-refractivity contribution is 0.799. The van der Waals surface area contributed by atoms with Gasteiger partial charge in [-0.1, -0.05) is 54.6 Å². The Bertz CT molecular complexity index is 736. The van der Waals surface area contributed by atoms with Crippen LogP contribution in [0.25, 0.3) is 11.1 Å². The molecule has 3 aromatic rings. The van der Waals surface area contributed by atoms with Crippen LogP contribution in [-0.2, 0) is 0 Å². The van der Waals surface area contributed by atoms with Gasteiger partial charge in [-0.05, 0) is 30.5 Å². The quantitative estimate of drug-likeness (QED) is 0.688. The molecule has 0 aliphatic rings. The number of aromatic nitrogens is 3. The highest BCUT2D eigenvalue weighted by molar-refractivity contribution is 5.81. The summed E-state index contributed by atoms with van der Waals surface area (Å²) in [5.41, 5.74) is 3.46. The first-order chi connectivity index (χ1) is 10.2. The molecule has 0 aliphatic heterocycles. The summed E-state index contributed by atoms with van der Waals surface area (Å²) < 4.78 is 1.73. The van der Waals surface area contributed by atoms with Crippen LogP contribution in [0.3, 0.4) is 0 Å². The van der Waals surface area contributed by atoms with Crippen LogP contribution >= 0.6 is 0 Å². The summed E-state index contributed by atoms with van der Waals surface area (Å²) in [6.45, 7) is 3.77. The fourth-order valence-electron chi connectivity index (χ4n) is 2.15. The van der Waals surface area contributed by atoms with Crippen LogP contribution in [0.5, 0.6) is 0 Å². The molecule has 1 aromatic heterocycles. The zero-order valence-electron chi connectivity index (χ0n) is 12.1. The molecule has 4 heteroatoms. The Morgan fingerprint density at radius 2 is 1.38 bits per heavy atom. The second kappa shape index (κ2) is 5.71. The Labute approximate surface area is 123 Å². The number of hydrogen-bond acceptors (Lipinski definition) is 3. The topological polar surface area (TPSA) is 43.1 Å².